The third-order valence-electron chi connectivity index (χ3n) is 4.72. The Morgan fingerprint density at radius 3 is 2.86 bits per heavy atom. The van der Waals surface area contributed by atoms with Crippen LogP contribution in [0, 0.1) is 11.8 Å². The Morgan fingerprint density at radius 2 is 2.14 bits per heavy atom. The van der Waals surface area contributed by atoms with Crippen LogP contribution in [0.5, 0.6) is 0 Å². The van der Waals surface area contributed by atoms with Crippen molar-refractivity contribution in [3.63, 3.8) is 0 Å². The lowest BCUT2D eigenvalue weighted by molar-refractivity contribution is -0.0685. The zero-order chi connectivity index (χ0) is 15.0. The highest BCUT2D eigenvalue weighted by molar-refractivity contribution is 6.04. The molecule has 0 unspecified atom stereocenters. The van der Waals surface area contributed by atoms with Gasteiger partial charge < -0.3 is 10.2 Å². The number of hydrogen-bond acceptors (Lipinski definition) is 3. The number of aromatic nitrogens is 1. The topological polar surface area (TPSA) is 56.3 Å². The van der Waals surface area contributed by atoms with E-state index in [2.05, 4.69) is 18.0 Å². The molecule has 1 heterocycles. The number of benzene rings is 1. The molecule has 0 bridgehead atoms. The van der Waals surface area contributed by atoms with Crippen molar-refractivity contribution in [2.75, 3.05) is 13.6 Å². The van der Waals surface area contributed by atoms with Crippen LogP contribution in [0.25, 0.3) is 10.9 Å². The Bertz CT molecular complexity index is 660. The number of ketones is 1. The molecule has 0 saturated heterocycles. The second kappa shape index (κ2) is 5.62. The molecule has 0 saturated carbocycles. The first-order valence-corrected chi connectivity index (χ1v) is 7.65. The molecule has 1 aliphatic rings. The van der Waals surface area contributed by atoms with Gasteiger partial charge in [-0.15, -0.1) is 0 Å². The molecule has 4 heteroatoms. The molecule has 0 radical (unpaired) electrons. The first-order valence-electron chi connectivity index (χ1n) is 7.65. The Balaban J connectivity index is 1.99. The second-order valence-corrected chi connectivity index (χ2v) is 6.04. The van der Waals surface area contributed by atoms with Gasteiger partial charge in [-0.2, -0.15) is 5.06 Å². The summed E-state index contributed by atoms with van der Waals surface area (Å²) in [7, 11) is 1.63. The summed E-state index contributed by atoms with van der Waals surface area (Å²) in [5.41, 5.74) is 3.01. The third-order valence-corrected chi connectivity index (χ3v) is 4.72. The fourth-order valence-electron chi connectivity index (χ4n) is 3.55. The number of rotatable bonds is 4. The van der Waals surface area contributed by atoms with Crippen molar-refractivity contribution < 1.29 is 10.0 Å². The Hall–Kier alpha value is -1.65. The molecule has 1 aromatic carbocycles. The van der Waals surface area contributed by atoms with Gasteiger partial charge in [-0.05, 0) is 30.4 Å². The summed E-state index contributed by atoms with van der Waals surface area (Å²) in [6.45, 7) is 2.68. The normalized spacial score (nSPS) is 22.0. The van der Waals surface area contributed by atoms with Gasteiger partial charge in [0.2, 0.25) is 0 Å². The number of carbonyl (C=O) groups excluding carboxylic acids is 1. The molecule has 0 fully saturated rings. The van der Waals surface area contributed by atoms with Gasteiger partial charge in [0.15, 0.2) is 5.78 Å². The van der Waals surface area contributed by atoms with E-state index >= 15 is 0 Å². The van der Waals surface area contributed by atoms with Gasteiger partial charge >= 0.3 is 0 Å². The summed E-state index contributed by atoms with van der Waals surface area (Å²) in [5, 5.41) is 11.7. The average Bonchev–Trinajstić information content (AvgIpc) is 2.85. The molecule has 2 aromatic rings. The van der Waals surface area contributed by atoms with Crippen LogP contribution in [0.3, 0.4) is 0 Å². The van der Waals surface area contributed by atoms with Gasteiger partial charge in [0.05, 0.1) is 5.69 Å². The molecule has 3 rings (SSSR count). The highest BCUT2D eigenvalue weighted by Gasteiger charge is 2.36. The molecule has 0 spiro atoms. The lowest BCUT2D eigenvalue weighted by Crippen LogP contribution is -2.33. The van der Waals surface area contributed by atoms with Gasteiger partial charge in [-0.1, -0.05) is 31.5 Å². The van der Waals surface area contributed by atoms with Gasteiger partial charge in [0.1, 0.15) is 0 Å². The molecule has 2 atom stereocenters. The number of fused-ring (bicyclic) bond motifs is 3. The number of hydroxylamine groups is 2. The summed E-state index contributed by atoms with van der Waals surface area (Å²) in [4.78, 5) is 16.1. The zero-order valence-electron chi connectivity index (χ0n) is 12.6. The highest BCUT2D eigenvalue weighted by atomic mass is 16.5. The standard InChI is InChI=1S/C17H22N2O2/c1-3-11-10-14-13-6-4-5-7-15(13)18-16(14)17(20)12(11)8-9-19(2)21/h4-7,11-12,18,21H,3,8-10H2,1-2H3/t11-,12+/m1/s1. The van der Waals surface area contributed by atoms with E-state index in [0.717, 1.165) is 24.1 Å². The minimum Gasteiger partial charge on any atom is -0.352 e. The zero-order valence-corrected chi connectivity index (χ0v) is 12.6. The smallest absolute Gasteiger partial charge is 0.182 e. The van der Waals surface area contributed by atoms with E-state index < -0.39 is 0 Å². The number of carbonyl (C=O) groups is 1. The molecule has 4 nitrogen and oxygen atoms in total. The maximum Gasteiger partial charge on any atom is 0.182 e. The van der Waals surface area contributed by atoms with E-state index in [1.54, 1.807) is 7.05 Å². The number of H-pyrrole nitrogens is 1. The number of para-hydroxylation sites is 1. The van der Waals surface area contributed by atoms with E-state index in [9.17, 15) is 10.0 Å². The fourth-order valence-corrected chi connectivity index (χ4v) is 3.55. The summed E-state index contributed by atoms with van der Waals surface area (Å²) in [6.07, 6.45) is 2.64. The predicted octanol–water partition coefficient (Wildman–Crippen LogP) is 3.26. The van der Waals surface area contributed by atoms with Crippen LogP contribution < -0.4 is 0 Å². The minimum atomic E-state index is 0.00478. The molecular weight excluding hydrogens is 264 g/mol. The number of aromatic amines is 1. The van der Waals surface area contributed by atoms with Crippen LogP contribution in [-0.2, 0) is 6.42 Å². The molecule has 21 heavy (non-hydrogen) atoms. The van der Waals surface area contributed by atoms with E-state index in [1.807, 2.05) is 18.2 Å². The number of nitrogens with one attached hydrogen (secondary N) is 1. The van der Waals surface area contributed by atoms with Crippen molar-refractivity contribution in [2.45, 2.75) is 26.2 Å². The fraction of sp³-hybridized carbons (Fsp3) is 0.471. The first-order chi connectivity index (χ1) is 10.1. The lowest BCUT2D eigenvalue weighted by atomic mass is 9.74. The molecule has 1 aliphatic carbocycles. The van der Waals surface area contributed by atoms with Crippen LogP contribution in [-0.4, -0.2) is 34.6 Å². The van der Waals surface area contributed by atoms with E-state index in [-0.39, 0.29) is 11.7 Å². The number of nitrogens with zero attached hydrogens (tertiary/aromatic N) is 1. The molecule has 2 N–H and O–H groups in total. The van der Waals surface area contributed by atoms with Gasteiger partial charge in [-0.25, -0.2) is 0 Å². The lowest BCUT2D eigenvalue weighted by Gasteiger charge is -2.30. The summed E-state index contributed by atoms with van der Waals surface area (Å²) >= 11 is 0. The minimum absolute atomic E-state index is 0.00478. The van der Waals surface area contributed by atoms with E-state index in [4.69, 9.17) is 0 Å². The third kappa shape index (κ3) is 2.49. The van der Waals surface area contributed by atoms with Crippen LogP contribution in [0.2, 0.25) is 0 Å². The summed E-state index contributed by atoms with van der Waals surface area (Å²) in [6, 6.07) is 8.13. The Morgan fingerprint density at radius 1 is 1.38 bits per heavy atom. The van der Waals surface area contributed by atoms with Crippen molar-refractivity contribution in [3.05, 3.63) is 35.5 Å². The summed E-state index contributed by atoms with van der Waals surface area (Å²) < 4.78 is 0. The van der Waals surface area contributed by atoms with Crippen molar-refractivity contribution in [1.82, 2.24) is 10.0 Å². The van der Waals surface area contributed by atoms with Crippen LogP contribution >= 0.6 is 0 Å². The van der Waals surface area contributed by atoms with Gasteiger partial charge in [0, 0.05) is 30.4 Å². The van der Waals surface area contributed by atoms with Crippen molar-refractivity contribution in [1.29, 1.82) is 0 Å². The Kier molecular flexibility index (Phi) is 3.83. The molecule has 112 valence electrons. The number of hydrogen-bond donors (Lipinski definition) is 2. The van der Waals surface area contributed by atoms with E-state index in [0.29, 0.717) is 18.9 Å². The summed E-state index contributed by atoms with van der Waals surface area (Å²) in [5.74, 6) is 0.579. The van der Waals surface area contributed by atoms with Gasteiger partial charge in [-0.3, -0.25) is 4.79 Å². The molecule has 0 amide bonds. The SMILES string of the molecule is CC[C@@H]1Cc2c([nH]c3ccccc23)C(=O)[C@H]1CCN(C)O. The highest BCUT2D eigenvalue weighted by Crippen LogP contribution is 2.37. The number of Topliss-reactive ketones (excluding diaryl/α,β-unsaturated/α-hetero) is 1. The van der Waals surface area contributed by atoms with Crippen LogP contribution in [0.15, 0.2) is 24.3 Å². The first kappa shape index (κ1) is 14.3. The van der Waals surface area contributed by atoms with E-state index in [1.165, 1.54) is 16.0 Å². The van der Waals surface area contributed by atoms with Gasteiger partial charge in [0.25, 0.3) is 0 Å². The van der Waals surface area contributed by atoms with Crippen molar-refractivity contribution >= 4 is 16.7 Å². The predicted molar refractivity (Wildman–Crippen MR) is 82.6 cm³/mol. The Labute approximate surface area is 124 Å². The molecular formula is C17H22N2O2. The maximum absolute atomic E-state index is 12.8. The maximum atomic E-state index is 12.8. The molecule has 0 aliphatic heterocycles. The largest absolute Gasteiger partial charge is 0.352 e. The average molecular weight is 286 g/mol. The monoisotopic (exact) mass is 286 g/mol. The van der Waals surface area contributed by atoms with Crippen molar-refractivity contribution in [3.8, 4) is 0 Å². The quantitative estimate of drug-likeness (QED) is 0.848. The second-order valence-electron chi connectivity index (χ2n) is 6.04. The van der Waals surface area contributed by atoms with Crippen molar-refractivity contribution in [2.24, 2.45) is 11.8 Å². The van der Waals surface area contributed by atoms with Crippen LogP contribution in [0.4, 0.5) is 0 Å². The van der Waals surface area contributed by atoms with Crippen LogP contribution in [0.1, 0.15) is 35.8 Å². The molecule has 1 aromatic heterocycles.